The van der Waals surface area contributed by atoms with Crippen LogP contribution in [0.3, 0.4) is 0 Å². The largest absolute Gasteiger partial charge is 0.469 e. The molecule has 26 heavy (non-hydrogen) atoms. The molecule has 4 atom stereocenters. The first kappa shape index (κ1) is 22.6. The van der Waals surface area contributed by atoms with Crippen LogP contribution in [0.2, 0.25) is 0 Å². The quantitative estimate of drug-likeness (QED) is 0.315. The first-order valence-electron chi connectivity index (χ1n) is 9.78. The third kappa shape index (κ3) is 8.28. The number of carbonyl (C=O) groups is 2. The average Bonchev–Trinajstić information content (AvgIpc) is 2.89. The molecule has 5 heteroatoms. The van der Waals surface area contributed by atoms with Gasteiger partial charge in [0.1, 0.15) is 5.78 Å². The van der Waals surface area contributed by atoms with E-state index in [-0.39, 0.29) is 30.0 Å². The number of ketones is 1. The summed E-state index contributed by atoms with van der Waals surface area (Å²) in [4.78, 5) is 23.2. The zero-order valence-electron chi connectivity index (χ0n) is 16.1. The Labute approximate surface area is 157 Å². The highest BCUT2D eigenvalue weighted by molar-refractivity contribution is 5.84. The third-order valence-corrected chi connectivity index (χ3v) is 4.93. The molecule has 1 aliphatic rings. The average molecular weight is 365 g/mol. The number of aliphatic hydroxyl groups excluding tert-OH is 2. The second kappa shape index (κ2) is 12.8. The van der Waals surface area contributed by atoms with Crippen LogP contribution in [0.15, 0.2) is 24.3 Å². The number of ether oxygens (including phenoxy) is 1. The van der Waals surface area contributed by atoms with E-state index in [0.29, 0.717) is 19.3 Å². The Hall–Kier alpha value is -1.46. The van der Waals surface area contributed by atoms with Gasteiger partial charge in [0.15, 0.2) is 0 Å². The van der Waals surface area contributed by atoms with Crippen LogP contribution in [0.1, 0.15) is 64.7 Å². The molecule has 2 unspecified atom stereocenters. The van der Waals surface area contributed by atoms with Crippen molar-refractivity contribution in [1.82, 2.24) is 0 Å². The van der Waals surface area contributed by atoms with Crippen LogP contribution in [-0.4, -0.2) is 41.3 Å². The molecule has 0 radical (unpaired) electrons. The van der Waals surface area contributed by atoms with E-state index >= 15 is 0 Å². The van der Waals surface area contributed by atoms with Gasteiger partial charge < -0.3 is 14.9 Å². The van der Waals surface area contributed by atoms with Gasteiger partial charge in [0.2, 0.25) is 0 Å². The van der Waals surface area contributed by atoms with Crippen molar-refractivity contribution in [1.29, 1.82) is 0 Å². The Morgan fingerprint density at radius 3 is 2.77 bits per heavy atom. The summed E-state index contributed by atoms with van der Waals surface area (Å²) in [6.07, 6.45) is 12.8. The van der Waals surface area contributed by atoms with Gasteiger partial charge in [0.05, 0.1) is 19.3 Å². The normalized spacial score (nSPS) is 24.6. The van der Waals surface area contributed by atoms with Crippen LogP contribution in [0.25, 0.3) is 0 Å². The van der Waals surface area contributed by atoms with Gasteiger partial charge in [-0.3, -0.25) is 9.59 Å². The minimum atomic E-state index is -0.667. The summed E-state index contributed by atoms with van der Waals surface area (Å²) in [5.74, 6) is -0.606. The molecule has 0 bridgehead atoms. The van der Waals surface area contributed by atoms with Crippen LogP contribution in [0, 0.1) is 11.8 Å². The smallest absolute Gasteiger partial charge is 0.305 e. The van der Waals surface area contributed by atoms with E-state index in [1.54, 1.807) is 6.08 Å². The summed E-state index contributed by atoms with van der Waals surface area (Å²) in [7, 11) is 1.38. The van der Waals surface area contributed by atoms with Crippen LogP contribution in [0.4, 0.5) is 0 Å². The Balaban J connectivity index is 2.46. The highest BCUT2D eigenvalue weighted by atomic mass is 16.5. The molecule has 1 saturated carbocycles. The molecule has 0 spiro atoms. The Morgan fingerprint density at radius 1 is 1.31 bits per heavy atom. The number of hydrogen-bond acceptors (Lipinski definition) is 5. The van der Waals surface area contributed by atoms with Crippen LogP contribution < -0.4 is 0 Å². The van der Waals surface area contributed by atoms with Crippen LogP contribution in [-0.2, 0) is 14.3 Å². The fourth-order valence-corrected chi connectivity index (χ4v) is 3.31. The lowest BCUT2D eigenvalue weighted by atomic mass is 9.90. The molecular weight excluding hydrogens is 331 g/mol. The minimum absolute atomic E-state index is 0.0758. The molecule has 0 amide bonds. The van der Waals surface area contributed by atoms with Gasteiger partial charge >= 0.3 is 5.97 Å². The number of rotatable bonds is 12. The fourth-order valence-electron chi connectivity index (χ4n) is 3.31. The standard InChI is InChI=1S/C21H34O5/c1-3-4-7-10-16(22)13-14-18-17(19(23)15-20(18)24)11-8-5-6-9-12-21(25)26-2/h5,8,13-14,16-18,20,22,24H,3-4,6-7,9-12,15H2,1-2H3/b8-5-,14-13+/t16-,17?,18?,20+/m0/s1/i2-1. The van der Waals surface area contributed by atoms with E-state index in [1.165, 1.54) is 7.11 Å². The van der Waals surface area contributed by atoms with Gasteiger partial charge in [0, 0.05) is 24.7 Å². The lowest BCUT2D eigenvalue weighted by molar-refractivity contribution is -0.140. The van der Waals surface area contributed by atoms with Gasteiger partial charge in [-0.1, -0.05) is 50.5 Å². The van der Waals surface area contributed by atoms with Gasteiger partial charge in [-0.2, -0.15) is 0 Å². The van der Waals surface area contributed by atoms with Crippen molar-refractivity contribution < 1.29 is 24.5 Å². The maximum absolute atomic E-state index is 12.1. The van der Waals surface area contributed by atoms with Gasteiger partial charge in [-0.25, -0.2) is 0 Å². The minimum Gasteiger partial charge on any atom is -0.469 e. The van der Waals surface area contributed by atoms with E-state index < -0.39 is 12.2 Å². The van der Waals surface area contributed by atoms with Crippen molar-refractivity contribution in [2.45, 2.75) is 76.9 Å². The van der Waals surface area contributed by atoms with Crippen molar-refractivity contribution >= 4 is 11.8 Å². The molecule has 148 valence electrons. The molecule has 1 fully saturated rings. The second-order valence-corrected chi connectivity index (χ2v) is 7.05. The van der Waals surface area contributed by atoms with Crippen LogP contribution in [0.5, 0.6) is 0 Å². The Bertz CT molecular complexity index is 483. The number of hydrogen-bond donors (Lipinski definition) is 2. The highest BCUT2D eigenvalue weighted by Gasteiger charge is 2.39. The summed E-state index contributed by atoms with van der Waals surface area (Å²) >= 11 is 0. The number of methoxy groups -OCH3 is 1. The van der Waals surface area contributed by atoms with Crippen molar-refractivity contribution in [3.8, 4) is 0 Å². The molecule has 1 rings (SSSR count). The summed E-state index contributed by atoms with van der Waals surface area (Å²) in [5, 5.41) is 20.2. The van der Waals surface area contributed by atoms with Gasteiger partial charge in [-0.15, -0.1) is 0 Å². The van der Waals surface area contributed by atoms with Gasteiger partial charge in [-0.05, 0) is 25.7 Å². The topological polar surface area (TPSA) is 83.8 Å². The molecule has 1 aliphatic carbocycles. The summed E-state index contributed by atoms with van der Waals surface area (Å²) in [5.41, 5.74) is 0. The first-order valence-corrected chi connectivity index (χ1v) is 9.78. The molecular formula is C21H34O5. The number of esters is 1. The predicted octanol–water partition coefficient (Wildman–Crippen LogP) is 3.34. The van der Waals surface area contributed by atoms with Crippen molar-refractivity contribution in [2.75, 3.05) is 7.11 Å². The summed E-state index contributed by atoms with van der Waals surface area (Å²) < 4.78 is 4.59. The molecule has 0 aromatic heterocycles. The predicted molar refractivity (Wildman–Crippen MR) is 102 cm³/mol. The molecule has 2 N–H and O–H groups in total. The fraction of sp³-hybridized carbons (Fsp3) is 0.714. The lowest BCUT2D eigenvalue weighted by Gasteiger charge is -2.16. The number of unbranched alkanes of at least 4 members (excludes halogenated alkanes) is 3. The molecule has 5 nitrogen and oxygen atoms in total. The van der Waals surface area contributed by atoms with E-state index in [0.717, 1.165) is 32.1 Å². The summed E-state index contributed by atoms with van der Waals surface area (Å²) in [6.45, 7) is 2.12. The maximum Gasteiger partial charge on any atom is 0.305 e. The number of aliphatic hydroxyl groups is 2. The van der Waals surface area contributed by atoms with E-state index in [1.807, 2.05) is 18.2 Å². The number of Topliss-reactive ketones (excluding diaryl/α,β-unsaturated/α-hetero) is 1. The Morgan fingerprint density at radius 2 is 2.08 bits per heavy atom. The van der Waals surface area contributed by atoms with Crippen molar-refractivity contribution in [3.63, 3.8) is 0 Å². The van der Waals surface area contributed by atoms with Crippen molar-refractivity contribution in [3.05, 3.63) is 24.3 Å². The number of carbonyl (C=O) groups excluding carboxylic acids is 2. The number of allylic oxidation sites excluding steroid dienone is 2. The molecule has 0 heterocycles. The molecule has 0 aromatic carbocycles. The van der Waals surface area contributed by atoms with E-state index in [4.69, 9.17) is 0 Å². The zero-order valence-corrected chi connectivity index (χ0v) is 16.1. The molecule has 0 aliphatic heterocycles. The molecule has 0 aromatic rings. The first-order chi connectivity index (χ1) is 12.5. The third-order valence-electron chi connectivity index (χ3n) is 4.93. The summed E-state index contributed by atoms with van der Waals surface area (Å²) in [6, 6.07) is 0. The SMILES string of the molecule is CCCCC[C@H](O)/C=C/C1C(C/C=C\CCCC(=O)O[11CH3])C(=O)C[C@H]1O. The van der Waals surface area contributed by atoms with E-state index in [9.17, 15) is 19.8 Å². The second-order valence-electron chi connectivity index (χ2n) is 7.05. The Kier molecular flexibility index (Phi) is 11.1. The maximum atomic E-state index is 12.1. The van der Waals surface area contributed by atoms with E-state index in [2.05, 4.69) is 11.7 Å². The monoisotopic (exact) mass is 365 g/mol. The molecule has 0 saturated heterocycles. The highest BCUT2D eigenvalue weighted by Crippen LogP contribution is 2.33. The van der Waals surface area contributed by atoms with Crippen molar-refractivity contribution in [2.24, 2.45) is 11.8 Å². The van der Waals surface area contributed by atoms with Crippen LogP contribution >= 0.6 is 0 Å². The lowest BCUT2D eigenvalue weighted by Crippen LogP contribution is -2.18. The zero-order chi connectivity index (χ0) is 19.4. The van der Waals surface area contributed by atoms with Gasteiger partial charge in [0.25, 0.3) is 0 Å².